The molecule has 1 aliphatic rings. The van der Waals surface area contributed by atoms with E-state index in [9.17, 15) is 10.1 Å². The smallest absolute Gasteiger partial charge is 0.338 e. The number of ether oxygens (including phenoxy) is 2. The van der Waals surface area contributed by atoms with Gasteiger partial charge in [0, 0.05) is 5.02 Å². The van der Waals surface area contributed by atoms with Crippen molar-refractivity contribution in [1.29, 1.82) is 5.26 Å². The first-order chi connectivity index (χ1) is 12.1. The summed E-state index contributed by atoms with van der Waals surface area (Å²) < 4.78 is 10.6. The van der Waals surface area contributed by atoms with Gasteiger partial charge in [0.15, 0.2) is 0 Å². The van der Waals surface area contributed by atoms with Gasteiger partial charge in [0.1, 0.15) is 17.4 Å². The molecule has 1 aromatic rings. The Kier molecular flexibility index (Phi) is 5.68. The van der Waals surface area contributed by atoms with Gasteiger partial charge in [-0.1, -0.05) is 44.5 Å². The van der Waals surface area contributed by atoms with E-state index in [1.807, 2.05) is 12.1 Å². The summed E-state index contributed by atoms with van der Waals surface area (Å²) in [5.74, 6) is -1.00. The molecule has 0 spiro atoms. The second kappa shape index (κ2) is 7.43. The summed E-state index contributed by atoms with van der Waals surface area (Å²) in [5.41, 5.74) is 7.84. The zero-order valence-corrected chi connectivity index (χ0v) is 16.4. The van der Waals surface area contributed by atoms with Crippen LogP contribution in [0.15, 0.2) is 41.0 Å². The fourth-order valence-electron chi connectivity index (χ4n) is 2.90. The Morgan fingerprint density at radius 1 is 1.42 bits per heavy atom. The van der Waals surface area contributed by atoms with E-state index in [-0.39, 0.29) is 29.1 Å². The average molecular weight is 375 g/mol. The minimum atomic E-state index is -0.734. The number of hydrogen-bond donors (Lipinski definition) is 1. The summed E-state index contributed by atoms with van der Waals surface area (Å²) in [7, 11) is 0. The number of nitriles is 1. The zero-order chi connectivity index (χ0) is 19.6. The van der Waals surface area contributed by atoms with Gasteiger partial charge in [0.25, 0.3) is 0 Å². The molecular weight excluding hydrogens is 352 g/mol. The summed E-state index contributed by atoms with van der Waals surface area (Å²) in [5, 5.41) is 10.1. The third kappa shape index (κ3) is 3.71. The van der Waals surface area contributed by atoms with Crippen LogP contribution in [0.4, 0.5) is 0 Å². The van der Waals surface area contributed by atoms with Crippen molar-refractivity contribution in [3.8, 4) is 6.07 Å². The summed E-state index contributed by atoms with van der Waals surface area (Å²) in [6.45, 7) is 9.78. The molecule has 1 unspecified atom stereocenters. The second-order valence-electron chi connectivity index (χ2n) is 7.10. The monoisotopic (exact) mass is 374 g/mol. The van der Waals surface area contributed by atoms with Gasteiger partial charge in [-0.3, -0.25) is 0 Å². The molecule has 0 amide bonds. The van der Waals surface area contributed by atoms with E-state index in [4.69, 9.17) is 26.8 Å². The highest BCUT2D eigenvalue weighted by atomic mass is 35.5. The Labute approximate surface area is 159 Å². The van der Waals surface area contributed by atoms with Crippen LogP contribution in [-0.2, 0) is 19.7 Å². The number of nitrogens with zero attached hydrogens (tertiary/aromatic N) is 1. The largest absolute Gasteiger partial charge is 0.463 e. The van der Waals surface area contributed by atoms with Crippen LogP contribution in [0.25, 0.3) is 0 Å². The van der Waals surface area contributed by atoms with Gasteiger partial charge in [0.2, 0.25) is 5.88 Å². The molecular formula is C20H23ClN2O3. The maximum atomic E-state index is 12.6. The molecule has 2 rings (SSSR count). The van der Waals surface area contributed by atoms with Gasteiger partial charge in [-0.25, -0.2) is 4.79 Å². The molecule has 1 aromatic carbocycles. The van der Waals surface area contributed by atoms with Gasteiger partial charge in [-0.05, 0) is 36.5 Å². The van der Waals surface area contributed by atoms with Crippen molar-refractivity contribution in [1.82, 2.24) is 0 Å². The van der Waals surface area contributed by atoms with Crippen LogP contribution in [0.3, 0.4) is 0 Å². The summed E-state index contributed by atoms with van der Waals surface area (Å²) >= 11 is 6.46. The molecule has 6 heteroatoms. The average Bonchev–Trinajstić information content (AvgIpc) is 2.53. The molecule has 1 aliphatic heterocycles. The lowest BCUT2D eigenvalue weighted by molar-refractivity contribution is -0.139. The van der Waals surface area contributed by atoms with Crippen LogP contribution >= 0.6 is 11.6 Å². The van der Waals surface area contributed by atoms with Crippen molar-refractivity contribution in [2.75, 3.05) is 6.61 Å². The third-order valence-electron chi connectivity index (χ3n) is 4.27. The molecule has 0 bridgehead atoms. The van der Waals surface area contributed by atoms with Crippen molar-refractivity contribution in [3.63, 3.8) is 0 Å². The first kappa shape index (κ1) is 19.9. The normalized spacial score (nSPS) is 17.7. The number of carbonyl (C=O) groups excluding carboxylic acids is 1. The van der Waals surface area contributed by atoms with Gasteiger partial charge in [0.05, 0.1) is 18.1 Å². The quantitative estimate of drug-likeness (QED) is 0.798. The third-order valence-corrected chi connectivity index (χ3v) is 4.62. The van der Waals surface area contributed by atoms with Crippen LogP contribution in [0.1, 0.15) is 51.7 Å². The van der Waals surface area contributed by atoms with Crippen molar-refractivity contribution in [3.05, 3.63) is 57.1 Å². The van der Waals surface area contributed by atoms with Crippen LogP contribution in [0.2, 0.25) is 5.02 Å². The number of carbonyl (C=O) groups is 1. The molecule has 5 nitrogen and oxygen atoms in total. The van der Waals surface area contributed by atoms with Crippen LogP contribution < -0.4 is 5.73 Å². The van der Waals surface area contributed by atoms with E-state index in [1.54, 1.807) is 19.9 Å². The summed E-state index contributed by atoms with van der Waals surface area (Å²) in [4.78, 5) is 12.6. The fraction of sp³-hybridized carbons (Fsp3) is 0.400. The predicted molar refractivity (Wildman–Crippen MR) is 100 cm³/mol. The minimum absolute atomic E-state index is 0.0275. The van der Waals surface area contributed by atoms with E-state index in [0.717, 1.165) is 5.56 Å². The second-order valence-corrected chi connectivity index (χ2v) is 7.51. The molecule has 0 aromatic heterocycles. The summed E-state index contributed by atoms with van der Waals surface area (Å²) in [6.07, 6.45) is 0. The van der Waals surface area contributed by atoms with Gasteiger partial charge in [-0.15, -0.1) is 0 Å². The van der Waals surface area contributed by atoms with Crippen molar-refractivity contribution in [2.45, 2.75) is 46.0 Å². The van der Waals surface area contributed by atoms with E-state index < -0.39 is 11.9 Å². The molecule has 0 radical (unpaired) electrons. The van der Waals surface area contributed by atoms with Crippen molar-refractivity contribution in [2.24, 2.45) is 5.73 Å². The molecule has 0 saturated heterocycles. The first-order valence-corrected chi connectivity index (χ1v) is 8.75. The molecule has 0 saturated carbocycles. The lowest BCUT2D eigenvalue weighted by atomic mass is 9.79. The molecule has 26 heavy (non-hydrogen) atoms. The number of rotatable bonds is 3. The molecule has 0 aliphatic carbocycles. The molecule has 1 atom stereocenters. The number of hydrogen-bond acceptors (Lipinski definition) is 5. The fourth-order valence-corrected chi connectivity index (χ4v) is 3.12. The maximum absolute atomic E-state index is 12.6. The summed E-state index contributed by atoms with van der Waals surface area (Å²) in [6, 6.07) is 7.69. The highest BCUT2D eigenvalue weighted by Crippen LogP contribution is 2.43. The number of benzene rings is 1. The van der Waals surface area contributed by atoms with Crippen LogP contribution in [0.5, 0.6) is 0 Å². The predicted octanol–water partition coefficient (Wildman–Crippen LogP) is 4.28. The molecule has 0 fully saturated rings. The Bertz CT molecular complexity index is 842. The van der Waals surface area contributed by atoms with Gasteiger partial charge < -0.3 is 15.2 Å². The topological polar surface area (TPSA) is 85.3 Å². The number of halogens is 1. The van der Waals surface area contributed by atoms with Crippen LogP contribution in [0, 0.1) is 11.3 Å². The Morgan fingerprint density at radius 2 is 2.08 bits per heavy atom. The van der Waals surface area contributed by atoms with Crippen molar-refractivity contribution < 1.29 is 14.3 Å². The molecule has 1 heterocycles. The number of esters is 1. The number of allylic oxidation sites excluding steroid dienone is 2. The minimum Gasteiger partial charge on any atom is -0.463 e. The van der Waals surface area contributed by atoms with E-state index in [1.165, 1.54) is 0 Å². The van der Waals surface area contributed by atoms with E-state index >= 15 is 0 Å². The zero-order valence-electron chi connectivity index (χ0n) is 15.6. The highest BCUT2D eigenvalue weighted by Gasteiger charge is 2.37. The van der Waals surface area contributed by atoms with E-state index in [0.29, 0.717) is 16.3 Å². The lowest BCUT2D eigenvalue weighted by Gasteiger charge is -2.29. The Hall–Kier alpha value is -2.45. The maximum Gasteiger partial charge on any atom is 0.338 e. The van der Waals surface area contributed by atoms with E-state index in [2.05, 4.69) is 26.8 Å². The highest BCUT2D eigenvalue weighted by molar-refractivity contribution is 6.31. The standard InChI is InChI=1S/C20H23ClN2O3/c1-6-25-19(24)16-11(2)26-18(23)14(10-22)17(16)13-9-12(20(3,4)5)7-8-15(13)21/h7-9,17H,6,23H2,1-5H3. The van der Waals surface area contributed by atoms with Gasteiger partial charge in [-0.2, -0.15) is 5.26 Å². The van der Waals surface area contributed by atoms with Crippen LogP contribution in [-0.4, -0.2) is 12.6 Å². The molecule has 138 valence electrons. The SMILES string of the molecule is CCOC(=O)C1=C(C)OC(N)=C(C#N)C1c1cc(C(C)(C)C)ccc1Cl. The Morgan fingerprint density at radius 3 is 2.62 bits per heavy atom. The van der Waals surface area contributed by atoms with Gasteiger partial charge >= 0.3 is 5.97 Å². The number of nitrogens with two attached hydrogens (primary N) is 1. The Balaban J connectivity index is 2.74. The molecule has 2 N–H and O–H groups in total. The van der Waals surface area contributed by atoms with Crippen molar-refractivity contribution >= 4 is 17.6 Å². The lowest BCUT2D eigenvalue weighted by Crippen LogP contribution is -2.26. The first-order valence-electron chi connectivity index (χ1n) is 8.37.